The van der Waals surface area contributed by atoms with Crippen LogP contribution in [-0.2, 0) is 10.0 Å². The third-order valence-corrected chi connectivity index (χ3v) is 6.15. The molecule has 3 heterocycles. The number of hydrogen-bond donors (Lipinski definition) is 0. The minimum absolute atomic E-state index is 0.209. The smallest absolute Gasteiger partial charge is 0.248 e. The first-order valence-corrected chi connectivity index (χ1v) is 10.5. The Morgan fingerprint density at radius 2 is 1.86 bits per heavy atom. The molecule has 1 aromatic carbocycles. The summed E-state index contributed by atoms with van der Waals surface area (Å²) in [6.07, 6.45) is 10.4. The van der Waals surface area contributed by atoms with E-state index >= 15 is 0 Å². The van der Waals surface area contributed by atoms with Crippen molar-refractivity contribution in [3.63, 3.8) is 0 Å². The second-order valence-corrected chi connectivity index (χ2v) is 8.72. The first kappa shape index (κ1) is 18.9. The Kier molecular flexibility index (Phi) is 4.68. The van der Waals surface area contributed by atoms with Crippen LogP contribution in [0.25, 0.3) is 34.4 Å². The molecule has 0 aliphatic heterocycles. The molecule has 3 aromatic heterocycles. The number of benzene rings is 1. The van der Waals surface area contributed by atoms with Gasteiger partial charge >= 0.3 is 0 Å². The van der Waals surface area contributed by atoms with Crippen LogP contribution in [0.3, 0.4) is 0 Å². The number of nitrogens with zero attached hydrogens (tertiary/aromatic N) is 4. The van der Waals surface area contributed by atoms with Crippen LogP contribution >= 0.6 is 0 Å². The monoisotopic (exact) mass is 404 g/mol. The van der Waals surface area contributed by atoms with E-state index in [0.29, 0.717) is 5.65 Å². The average Bonchev–Trinajstić information content (AvgIpc) is 3.32. The topological polar surface area (TPSA) is 69.8 Å². The van der Waals surface area contributed by atoms with Gasteiger partial charge in [-0.05, 0) is 37.6 Å². The number of hydrogen-bond acceptors (Lipinski definition) is 4. The molecule has 0 spiro atoms. The van der Waals surface area contributed by atoms with Crippen LogP contribution in [-0.4, -0.2) is 27.2 Å². The molecule has 0 saturated carbocycles. The summed E-state index contributed by atoms with van der Waals surface area (Å²) in [5, 5.41) is 4.96. The molecule has 7 heteroatoms. The van der Waals surface area contributed by atoms with Gasteiger partial charge in [0.1, 0.15) is 0 Å². The first-order chi connectivity index (χ1) is 13.9. The highest BCUT2D eigenvalue weighted by molar-refractivity contribution is 7.90. The van der Waals surface area contributed by atoms with Crippen molar-refractivity contribution in [2.24, 2.45) is 0 Å². The molecule has 0 radical (unpaired) electrons. The van der Waals surface area contributed by atoms with Gasteiger partial charge in [-0.3, -0.25) is 0 Å². The number of fused-ring (bicyclic) bond motifs is 1. The van der Waals surface area contributed by atoms with E-state index in [0.717, 1.165) is 27.6 Å². The molecule has 146 valence electrons. The summed E-state index contributed by atoms with van der Waals surface area (Å²) in [6, 6.07) is 10.3. The standard InChI is InChI=1S/C22H20N4O2S/c1-4-25-14-18(13-24-25)21-15-26(29(27,28)19-8-6-5-7-9-19)22-20(21)11-17(12-23-22)10-16(2)3/h4-15H,1H2,2-3H3. The molecule has 4 aromatic rings. The van der Waals surface area contributed by atoms with Crippen molar-refractivity contribution in [3.05, 3.63) is 78.9 Å². The second kappa shape index (κ2) is 7.18. The predicted molar refractivity (Wildman–Crippen MR) is 116 cm³/mol. The highest BCUT2D eigenvalue weighted by Gasteiger charge is 2.23. The minimum Gasteiger partial charge on any atom is -0.248 e. The van der Waals surface area contributed by atoms with Crippen molar-refractivity contribution in [2.45, 2.75) is 18.7 Å². The highest BCUT2D eigenvalue weighted by Crippen LogP contribution is 2.33. The molecular formula is C22H20N4O2S. The molecule has 0 atom stereocenters. The lowest BCUT2D eigenvalue weighted by molar-refractivity contribution is 0.589. The molecule has 6 nitrogen and oxygen atoms in total. The van der Waals surface area contributed by atoms with Crippen LogP contribution in [0.5, 0.6) is 0 Å². The quantitative estimate of drug-likeness (QED) is 0.485. The SMILES string of the molecule is C=Cn1cc(-c2cn(S(=O)(=O)c3ccccc3)c3ncc(C=C(C)C)cc23)cn1. The van der Waals surface area contributed by atoms with Crippen molar-refractivity contribution in [1.29, 1.82) is 0 Å². The number of rotatable bonds is 5. The fourth-order valence-electron chi connectivity index (χ4n) is 3.20. The van der Waals surface area contributed by atoms with Crippen LogP contribution in [0.1, 0.15) is 19.4 Å². The maximum atomic E-state index is 13.3. The van der Waals surface area contributed by atoms with Crippen LogP contribution in [0.15, 0.2) is 78.2 Å². The van der Waals surface area contributed by atoms with Crippen molar-refractivity contribution in [1.82, 2.24) is 18.7 Å². The van der Waals surface area contributed by atoms with Gasteiger partial charge < -0.3 is 0 Å². The molecule has 0 aliphatic carbocycles. The van der Waals surface area contributed by atoms with E-state index in [1.54, 1.807) is 66.0 Å². The van der Waals surface area contributed by atoms with E-state index in [2.05, 4.69) is 16.7 Å². The lowest BCUT2D eigenvalue weighted by Gasteiger charge is -2.06. The fraction of sp³-hybridized carbons (Fsp3) is 0.0909. The van der Waals surface area contributed by atoms with Gasteiger partial charge in [-0.2, -0.15) is 5.10 Å². The summed E-state index contributed by atoms with van der Waals surface area (Å²) >= 11 is 0. The van der Waals surface area contributed by atoms with E-state index in [1.807, 2.05) is 26.0 Å². The molecule has 0 unspecified atom stereocenters. The molecular weight excluding hydrogens is 384 g/mol. The first-order valence-electron chi connectivity index (χ1n) is 9.04. The van der Waals surface area contributed by atoms with Gasteiger partial charge in [0.25, 0.3) is 10.0 Å². The van der Waals surface area contributed by atoms with Gasteiger partial charge in [-0.25, -0.2) is 22.1 Å². The molecule has 0 saturated heterocycles. The molecule has 0 aliphatic rings. The van der Waals surface area contributed by atoms with E-state index in [9.17, 15) is 8.42 Å². The van der Waals surface area contributed by atoms with Crippen molar-refractivity contribution in [2.75, 3.05) is 0 Å². The van der Waals surface area contributed by atoms with Gasteiger partial charge in [0.05, 0.1) is 11.1 Å². The zero-order valence-electron chi connectivity index (χ0n) is 16.1. The molecule has 0 bridgehead atoms. The third kappa shape index (κ3) is 3.40. The summed E-state index contributed by atoms with van der Waals surface area (Å²) < 4.78 is 29.4. The zero-order valence-corrected chi connectivity index (χ0v) is 17.0. The summed E-state index contributed by atoms with van der Waals surface area (Å²) in [5.74, 6) is 0. The lowest BCUT2D eigenvalue weighted by Crippen LogP contribution is -2.12. The third-order valence-electron chi connectivity index (χ3n) is 4.49. The predicted octanol–water partition coefficient (Wildman–Crippen LogP) is 4.66. The van der Waals surface area contributed by atoms with Crippen LogP contribution in [0.2, 0.25) is 0 Å². The van der Waals surface area contributed by atoms with E-state index in [4.69, 9.17) is 0 Å². The number of pyridine rings is 1. The Labute approximate surface area is 169 Å². The van der Waals surface area contributed by atoms with E-state index in [-0.39, 0.29) is 4.90 Å². The molecule has 29 heavy (non-hydrogen) atoms. The molecule has 4 rings (SSSR count). The Hall–Kier alpha value is -3.45. The Morgan fingerprint density at radius 3 is 2.52 bits per heavy atom. The molecule has 0 N–H and O–H groups in total. The van der Waals surface area contributed by atoms with E-state index in [1.165, 1.54) is 3.97 Å². The zero-order chi connectivity index (χ0) is 20.6. The number of aromatic nitrogens is 4. The largest absolute Gasteiger partial charge is 0.269 e. The summed E-state index contributed by atoms with van der Waals surface area (Å²) in [5.41, 5.74) is 3.94. The Morgan fingerprint density at radius 1 is 1.10 bits per heavy atom. The normalized spacial score (nSPS) is 11.5. The van der Waals surface area contributed by atoms with Crippen LogP contribution in [0, 0.1) is 0 Å². The van der Waals surface area contributed by atoms with Gasteiger partial charge in [0.15, 0.2) is 5.65 Å². The Balaban J connectivity index is 2.01. The summed E-state index contributed by atoms with van der Waals surface area (Å²) in [6.45, 7) is 7.72. The van der Waals surface area contributed by atoms with Crippen LogP contribution < -0.4 is 0 Å². The average molecular weight is 404 g/mol. The molecule has 0 amide bonds. The lowest BCUT2D eigenvalue weighted by atomic mass is 10.1. The highest BCUT2D eigenvalue weighted by atomic mass is 32.2. The second-order valence-electron chi connectivity index (χ2n) is 6.91. The van der Waals surface area contributed by atoms with Crippen molar-refractivity contribution < 1.29 is 8.42 Å². The van der Waals surface area contributed by atoms with Crippen molar-refractivity contribution in [3.8, 4) is 11.1 Å². The van der Waals surface area contributed by atoms with E-state index < -0.39 is 10.0 Å². The summed E-state index contributed by atoms with van der Waals surface area (Å²) in [4.78, 5) is 4.70. The van der Waals surface area contributed by atoms with Gasteiger partial charge in [0, 0.05) is 41.3 Å². The van der Waals surface area contributed by atoms with Gasteiger partial charge in [0.2, 0.25) is 0 Å². The fourth-order valence-corrected chi connectivity index (χ4v) is 4.55. The molecule has 0 fully saturated rings. The minimum atomic E-state index is -3.80. The van der Waals surface area contributed by atoms with Gasteiger partial charge in [-0.15, -0.1) is 0 Å². The maximum absolute atomic E-state index is 13.3. The number of allylic oxidation sites excluding steroid dienone is 1. The van der Waals surface area contributed by atoms with Gasteiger partial charge in [-0.1, -0.05) is 36.4 Å². The summed E-state index contributed by atoms with van der Waals surface area (Å²) in [7, 11) is -3.80. The van der Waals surface area contributed by atoms with Crippen molar-refractivity contribution >= 4 is 33.3 Å². The van der Waals surface area contributed by atoms with Crippen LogP contribution in [0.4, 0.5) is 0 Å². The maximum Gasteiger partial charge on any atom is 0.269 e. The Bertz CT molecular complexity index is 1340.